The molecule has 0 saturated carbocycles. The number of ether oxygens (including phenoxy) is 2. The minimum Gasteiger partial charge on any atom is -0.493 e. The maximum Gasteiger partial charge on any atom is 0.120 e. The monoisotopic (exact) mass is 323 g/mol. The van der Waals surface area contributed by atoms with Crippen molar-refractivity contribution >= 4 is 0 Å². The normalized spacial score (nSPS) is 25.4. The van der Waals surface area contributed by atoms with Crippen LogP contribution < -0.4 is 9.47 Å². The van der Waals surface area contributed by atoms with Crippen LogP contribution in [0.15, 0.2) is 54.6 Å². The first kappa shape index (κ1) is 15.5. The van der Waals surface area contributed by atoms with E-state index in [4.69, 9.17) is 9.47 Å². The maximum absolute atomic E-state index is 6.03. The van der Waals surface area contributed by atoms with Gasteiger partial charge in [0.1, 0.15) is 18.1 Å². The Labute approximate surface area is 144 Å². The molecule has 3 heteroatoms. The number of benzene rings is 2. The second-order valence-corrected chi connectivity index (χ2v) is 6.95. The van der Waals surface area contributed by atoms with Gasteiger partial charge in [-0.2, -0.15) is 0 Å². The zero-order valence-electron chi connectivity index (χ0n) is 14.1. The van der Waals surface area contributed by atoms with Gasteiger partial charge in [-0.1, -0.05) is 30.3 Å². The number of piperidine rings is 3. The predicted molar refractivity (Wildman–Crippen MR) is 95.4 cm³/mol. The molecule has 0 aromatic heterocycles. The van der Waals surface area contributed by atoms with E-state index in [0.29, 0.717) is 12.5 Å². The third kappa shape index (κ3) is 3.73. The molecule has 3 aliphatic heterocycles. The van der Waals surface area contributed by atoms with Crippen molar-refractivity contribution in [1.29, 1.82) is 0 Å². The molecule has 0 radical (unpaired) electrons. The Morgan fingerprint density at radius 1 is 0.833 bits per heavy atom. The van der Waals surface area contributed by atoms with Crippen molar-refractivity contribution in [3.63, 3.8) is 0 Å². The Hall–Kier alpha value is -2.00. The van der Waals surface area contributed by atoms with Crippen LogP contribution in [0.4, 0.5) is 0 Å². The SMILES string of the molecule is c1ccc(COc2ccc(OCC3CN4CCC3CC4)cc2)cc1. The molecule has 1 atom stereocenters. The summed E-state index contributed by atoms with van der Waals surface area (Å²) < 4.78 is 11.9. The van der Waals surface area contributed by atoms with E-state index in [1.165, 1.54) is 38.0 Å². The fourth-order valence-electron chi connectivity index (χ4n) is 3.85. The first-order valence-electron chi connectivity index (χ1n) is 8.99. The van der Waals surface area contributed by atoms with Crippen LogP contribution >= 0.6 is 0 Å². The van der Waals surface area contributed by atoms with Gasteiger partial charge >= 0.3 is 0 Å². The Morgan fingerprint density at radius 3 is 2.12 bits per heavy atom. The lowest BCUT2D eigenvalue weighted by Gasteiger charge is -2.44. The summed E-state index contributed by atoms with van der Waals surface area (Å²) in [6.07, 6.45) is 2.70. The summed E-state index contributed by atoms with van der Waals surface area (Å²) in [4.78, 5) is 2.58. The molecule has 0 aliphatic carbocycles. The summed E-state index contributed by atoms with van der Waals surface area (Å²) >= 11 is 0. The van der Waals surface area contributed by atoms with Crippen LogP contribution in [0.3, 0.4) is 0 Å². The van der Waals surface area contributed by atoms with E-state index in [0.717, 1.165) is 24.0 Å². The summed E-state index contributed by atoms with van der Waals surface area (Å²) in [5, 5.41) is 0. The van der Waals surface area contributed by atoms with E-state index < -0.39 is 0 Å². The minimum atomic E-state index is 0.598. The van der Waals surface area contributed by atoms with Crippen LogP contribution in [0.2, 0.25) is 0 Å². The van der Waals surface area contributed by atoms with Crippen molar-refractivity contribution in [2.45, 2.75) is 19.4 Å². The summed E-state index contributed by atoms with van der Waals surface area (Å²) in [6.45, 7) is 5.22. The minimum absolute atomic E-state index is 0.598. The Kier molecular flexibility index (Phi) is 4.70. The Morgan fingerprint density at radius 2 is 1.50 bits per heavy atom. The molecule has 0 spiro atoms. The van der Waals surface area contributed by atoms with Gasteiger partial charge in [-0.25, -0.2) is 0 Å². The molecule has 2 bridgehead atoms. The highest BCUT2D eigenvalue weighted by molar-refractivity contribution is 5.31. The lowest BCUT2D eigenvalue weighted by molar-refractivity contribution is 0.0257. The molecule has 2 aromatic rings. The van der Waals surface area contributed by atoms with E-state index in [1.807, 2.05) is 42.5 Å². The van der Waals surface area contributed by atoms with Gasteiger partial charge in [0.25, 0.3) is 0 Å². The van der Waals surface area contributed by atoms with E-state index in [1.54, 1.807) is 0 Å². The van der Waals surface area contributed by atoms with Crippen molar-refractivity contribution in [2.24, 2.45) is 11.8 Å². The molecule has 2 aromatic carbocycles. The molecule has 1 unspecified atom stereocenters. The van der Waals surface area contributed by atoms with Gasteiger partial charge in [0, 0.05) is 12.5 Å². The fraction of sp³-hybridized carbons (Fsp3) is 0.429. The predicted octanol–water partition coefficient (Wildman–Crippen LogP) is 3.99. The van der Waals surface area contributed by atoms with Gasteiger partial charge < -0.3 is 14.4 Å². The molecule has 3 aliphatic rings. The largest absolute Gasteiger partial charge is 0.493 e. The smallest absolute Gasteiger partial charge is 0.120 e. The standard InChI is InChI=1S/C21H25NO2/c1-2-4-17(5-3-1)15-23-20-6-8-21(9-7-20)24-16-19-14-22-12-10-18(19)11-13-22/h1-9,18-19H,10-16H2. The van der Waals surface area contributed by atoms with E-state index >= 15 is 0 Å². The number of fused-ring (bicyclic) bond motifs is 3. The fourth-order valence-corrected chi connectivity index (χ4v) is 3.85. The number of rotatable bonds is 6. The van der Waals surface area contributed by atoms with Crippen LogP contribution in [-0.2, 0) is 6.61 Å². The van der Waals surface area contributed by atoms with E-state index in [9.17, 15) is 0 Å². The maximum atomic E-state index is 6.03. The van der Waals surface area contributed by atoms with Crippen molar-refractivity contribution in [3.05, 3.63) is 60.2 Å². The topological polar surface area (TPSA) is 21.7 Å². The molecule has 3 fully saturated rings. The third-order valence-electron chi connectivity index (χ3n) is 5.33. The van der Waals surface area contributed by atoms with Crippen LogP contribution in [-0.4, -0.2) is 31.1 Å². The van der Waals surface area contributed by atoms with Gasteiger partial charge in [-0.05, 0) is 61.7 Å². The molecule has 0 amide bonds. The molecule has 3 saturated heterocycles. The zero-order chi connectivity index (χ0) is 16.2. The van der Waals surface area contributed by atoms with Crippen molar-refractivity contribution in [3.8, 4) is 11.5 Å². The first-order chi connectivity index (χ1) is 11.9. The molecule has 126 valence electrons. The zero-order valence-corrected chi connectivity index (χ0v) is 14.1. The number of hydrogen-bond donors (Lipinski definition) is 0. The number of nitrogens with zero attached hydrogens (tertiary/aromatic N) is 1. The first-order valence-corrected chi connectivity index (χ1v) is 8.99. The van der Waals surface area contributed by atoms with Crippen molar-refractivity contribution in [2.75, 3.05) is 26.2 Å². The summed E-state index contributed by atoms with van der Waals surface area (Å²) in [6, 6.07) is 18.3. The van der Waals surface area contributed by atoms with Crippen LogP contribution in [0.1, 0.15) is 18.4 Å². The van der Waals surface area contributed by atoms with Crippen LogP contribution in [0.5, 0.6) is 11.5 Å². The Balaban J connectivity index is 1.26. The molecule has 5 rings (SSSR count). The second-order valence-electron chi connectivity index (χ2n) is 6.95. The van der Waals surface area contributed by atoms with Gasteiger partial charge in [0.05, 0.1) is 6.61 Å². The molecule has 3 nitrogen and oxygen atoms in total. The molecule has 0 N–H and O–H groups in total. The van der Waals surface area contributed by atoms with Crippen LogP contribution in [0.25, 0.3) is 0 Å². The summed E-state index contributed by atoms with van der Waals surface area (Å²) in [5.41, 5.74) is 1.18. The van der Waals surface area contributed by atoms with E-state index in [-0.39, 0.29) is 0 Å². The van der Waals surface area contributed by atoms with Gasteiger partial charge in [-0.15, -0.1) is 0 Å². The summed E-state index contributed by atoms with van der Waals surface area (Å²) in [5.74, 6) is 3.39. The van der Waals surface area contributed by atoms with Crippen molar-refractivity contribution < 1.29 is 9.47 Å². The van der Waals surface area contributed by atoms with Gasteiger partial charge in [-0.3, -0.25) is 0 Å². The van der Waals surface area contributed by atoms with Crippen molar-refractivity contribution in [1.82, 2.24) is 4.90 Å². The van der Waals surface area contributed by atoms with Gasteiger partial charge in [0.2, 0.25) is 0 Å². The highest BCUT2D eigenvalue weighted by Gasteiger charge is 2.34. The Bertz CT molecular complexity index is 633. The van der Waals surface area contributed by atoms with Crippen LogP contribution in [0, 0.1) is 11.8 Å². The second kappa shape index (κ2) is 7.27. The molecule has 3 heterocycles. The van der Waals surface area contributed by atoms with E-state index in [2.05, 4.69) is 17.0 Å². The highest BCUT2D eigenvalue weighted by Crippen LogP contribution is 2.32. The third-order valence-corrected chi connectivity index (χ3v) is 5.33. The average molecular weight is 323 g/mol. The lowest BCUT2D eigenvalue weighted by atomic mass is 9.79. The average Bonchev–Trinajstić information content (AvgIpc) is 2.67. The molecule has 24 heavy (non-hydrogen) atoms. The highest BCUT2D eigenvalue weighted by atomic mass is 16.5. The quantitative estimate of drug-likeness (QED) is 0.802. The number of hydrogen-bond acceptors (Lipinski definition) is 3. The molecular weight excluding hydrogens is 298 g/mol. The lowest BCUT2D eigenvalue weighted by Crippen LogP contribution is -2.49. The summed E-state index contributed by atoms with van der Waals surface area (Å²) in [7, 11) is 0. The molecular formula is C21H25NO2. The van der Waals surface area contributed by atoms with Gasteiger partial charge in [0.15, 0.2) is 0 Å².